The highest BCUT2D eigenvalue weighted by molar-refractivity contribution is 8.78. The van der Waals surface area contributed by atoms with Crippen LogP contribution in [0.2, 0.25) is 0 Å². The average Bonchev–Trinajstić information content (AvgIpc) is 2.74. The molecule has 29 heavy (non-hydrogen) atoms. The van der Waals surface area contributed by atoms with E-state index in [9.17, 15) is 14.9 Å². The molecule has 0 aromatic heterocycles. The zero-order valence-electron chi connectivity index (χ0n) is 16.6. The summed E-state index contributed by atoms with van der Waals surface area (Å²) in [6.45, 7) is 4.79. The number of fused-ring (bicyclic) bond motifs is 4. The number of piperazine rings is 1. The Labute approximate surface area is 178 Å². The first-order chi connectivity index (χ1) is 13.9. The van der Waals surface area contributed by atoms with Crippen LogP contribution in [0.3, 0.4) is 0 Å². The molecule has 0 aliphatic carbocycles. The lowest BCUT2D eigenvalue weighted by molar-refractivity contribution is -0.168. The fourth-order valence-electron chi connectivity index (χ4n) is 4.13. The van der Waals surface area contributed by atoms with Crippen LogP contribution in [0.5, 0.6) is 11.5 Å². The van der Waals surface area contributed by atoms with Crippen molar-refractivity contribution < 1.29 is 19.1 Å². The number of ether oxygens (including phenoxy) is 2. The molecule has 0 saturated carbocycles. The molecule has 3 fully saturated rings. The number of carbonyl (C=O) groups is 2. The van der Waals surface area contributed by atoms with Crippen molar-refractivity contribution in [3.8, 4) is 17.6 Å². The van der Waals surface area contributed by atoms with Gasteiger partial charge in [0.2, 0.25) is 0 Å². The van der Waals surface area contributed by atoms with Crippen molar-refractivity contribution in [3.63, 3.8) is 0 Å². The molecule has 0 N–H and O–H groups in total. The molecule has 4 heterocycles. The van der Waals surface area contributed by atoms with Crippen molar-refractivity contribution in [1.29, 1.82) is 5.26 Å². The largest absolute Gasteiger partial charge is 0.486 e. The predicted molar refractivity (Wildman–Crippen MR) is 111 cm³/mol. The minimum atomic E-state index is -1.09. The van der Waals surface area contributed by atoms with Gasteiger partial charge in [0.05, 0.1) is 12.1 Å². The van der Waals surface area contributed by atoms with Crippen molar-refractivity contribution in [2.75, 3.05) is 20.3 Å². The van der Waals surface area contributed by atoms with Crippen LogP contribution < -0.4 is 9.47 Å². The van der Waals surface area contributed by atoms with E-state index >= 15 is 0 Å². The number of hydrogen-bond acceptors (Lipinski definition) is 7. The molecule has 7 nitrogen and oxygen atoms in total. The lowest BCUT2D eigenvalue weighted by Crippen LogP contribution is -2.75. The van der Waals surface area contributed by atoms with Gasteiger partial charge in [-0.25, -0.2) is 0 Å². The van der Waals surface area contributed by atoms with E-state index in [1.165, 1.54) is 21.6 Å². The van der Waals surface area contributed by atoms with Gasteiger partial charge in [0.25, 0.3) is 11.8 Å². The van der Waals surface area contributed by atoms with Crippen molar-refractivity contribution in [2.24, 2.45) is 0 Å². The first-order valence-electron chi connectivity index (χ1n) is 9.64. The fraction of sp³-hybridized carbons (Fsp3) is 0.550. The molecule has 4 aliphatic heterocycles. The first kappa shape index (κ1) is 20.2. The van der Waals surface area contributed by atoms with Gasteiger partial charge in [-0.1, -0.05) is 34.6 Å². The summed E-state index contributed by atoms with van der Waals surface area (Å²) >= 11 is 0. The number of carbonyl (C=O) groups excluding carboxylic acids is 2. The predicted octanol–water partition coefficient (Wildman–Crippen LogP) is 3.32. The van der Waals surface area contributed by atoms with Crippen LogP contribution in [0.15, 0.2) is 18.2 Å². The number of hydrogen-bond donors (Lipinski definition) is 0. The van der Waals surface area contributed by atoms with Gasteiger partial charge >= 0.3 is 0 Å². The maximum absolute atomic E-state index is 13.7. The lowest BCUT2D eigenvalue weighted by atomic mass is 9.93. The third-order valence-corrected chi connectivity index (χ3v) is 9.61. The van der Waals surface area contributed by atoms with Gasteiger partial charge < -0.3 is 19.3 Å². The Morgan fingerprint density at radius 3 is 2.62 bits per heavy atom. The van der Waals surface area contributed by atoms with Gasteiger partial charge in [0.15, 0.2) is 21.2 Å². The van der Waals surface area contributed by atoms with Crippen LogP contribution in [0.4, 0.5) is 0 Å². The molecular weight excluding hydrogens is 410 g/mol. The van der Waals surface area contributed by atoms with E-state index < -0.39 is 9.74 Å². The summed E-state index contributed by atoms with van der Waals surface area (Å²) in [6, 6.07) is 7.54. The number of amides is 2. The van der Waals surface area contributed by atoms with Crippen molar-refractivity contribution >= 4 is 33.4 Å². The van der Waals surface area contributed by atoms with Gasteiger partial charge in [-0.15, -0.1) is 0 Å². The summed E-state index contributed by atoms with van der Waals surface area (Å²) in [7, 11) is 4.50. The maximum atomic E-state index is 13.7. The first-order valence-corrected chi connectivity index (χ1v) is 11.8. The van der Waals surface area contributed by atoms with Crippen LogP contribution in [-0.2, 0) is 9.59 Å². The molecule has 3 saturated heterocycles. The summed E-state index contributed by atoms with van der Waals surface area (Å²) in [5.41, 5.74) is 0.902. The molecule has 1 aromatic rings. The molecule has 1 aromatic carbocycles. The number of benzene rings is 1. The molecule has 0 spiro atoms. The Morgan fingerprint density at radius 1 is 1.21 bits per heavy atom. The molecule has 2 unspecified atom stereocenters. The second-order valence-corrected chi connectivity index (χ2v) is 10.3. The van der Waals surface area contributed by atoms with Crippen molar-refractivity contribution in [1.82, 2.24) is 9.80 Å². The molecule has 2 amide bonds. The fourth-order valence-corrected chi connectivity index (χ4v) is 7.63. The zero-order chi connectivity index (χ0) is 20.8. The van der Waals surface area contributed by atoms with Crippen LogP contribution >= 0.6 is 21.6 Å². The molecule has 5 rings (SSSR count). The monoisotopic (exact) mass is 433 g/mol. The highest BCUT2D eigenvalue weighted by Crippen LogP contribution is 2.62. The average molecular weight is 434 g/mol. The van der Waals surface area contributed by atoms with Gasteiger partial charge in [-0.05, 0) is 31.0 Å². The van der Waals surface area contributed by atoms with Crippen LogP contribution in [0.1, 0.15) is 44.7 Å². The van der Waals surface area contributed by atoms with E-state index in [4.69, 9.17) is 9.47 Å². The Balaban J connectivity index is 1.80. The van der Waals surface area contributed by atoms with E-state index in [1.807, 2.05) is 25.1 Å². The van der Waals surface area contributed by atoms with Gasteiger partial charge in [-0.2, -0.15) is 5.26 Å². The summed E-state index contributed by atoms with van der Waals surface area (Å²) in [6.07, 6.45) is 1.14. The Kier molecular flexibility index (Phi) is 5.11. The normalized spacial score (nSPS) is 29.0. The van der Waals surface area contributed by atoms with Crippen LogP contribution in [0, 0.1) is 11.3 Å². The quantitative estimate of drug-likeness (QED) is 0.659. The standard InChI is InChI=1S/C20H23N3O4S2/c1-4-14(13-6-7-15-16(12-13)27-11-10-26-15)23-17(24)19(2)22(3)18(25)20(23,29-28-19)8-5-9-21/h6-7,12,14H,4-5,8,10-11H2,1-3H3/t14-,19?,20?/m1/s1. The molecule has 9 heteroatoms. The lowest BCUT2D eigenvalue weighted by Gasteiger charge is -2.60. The zero-order valence-corrected chi connectivity index (χ0v) is 18.3. The van der Waals surface area contributed by atoms with Crippen molar-refractivity contribution in [2.45, 2.75) is 48.9 Å². The SMILES string of the molecule is CC[C@H](c1ccc2c(c1)OCCO2)N1C(=O)C2(C)SSC1(CCC#N)C(=O)N2C. The number of nitriles is 1. The molecule has 2 bridgehead atoms. The summed E-state index contributed by atoms with van der Waals surface area (Å²) in [5.74, 6) is 1.13. The summed E-state index contributed by atoms with van der Waals surface area (Å²) in [5, 5.41) is 9.20. The highest BCUT2D eigenvalue weighted by Gasteiger charge is 2.67. The second-order valence-electron chi connectivity index (χ2n) is 7.46. The third-order valence-electron chi connectivity index (χ3n) is 5.85. The van der Waals surface area contributed by atoms with E-state index in [0.29, 0.717) is 37.6 Å². The molecule has 4 aliphatic rings. The minimum absolute atomic E-state index is 0.0944. The smallest absolute Gasteiger partial charge is 0.261 e. The molecule has 0 radical (unpaired) electrons. The number of nitrogens with zero attached hydrogens (tertiary/aromatic N) is 3. The van der Waals surface area contributed by atoms with E-state index in [0.717, 1.165) is 5.56 Å². The van der Waals surface area contributed by atoms with Crippen LogP contribution in [0.25, 0.3) is 0 Å². The topological polar surface area (TPSA) is 82.9 Å². The van der Waals surface area contributed by atoms with E-state index in [1.54, 1.807) is 23.8 Å². The molecule has 154 valence electrons. The van der Waals surface area contributed by atoms with Gasteiger partial charge in [0, 0.05) is 19.9 Å². The Morgan fingerprint density at radius 2 is 1.93 bits per heavy atom. The Hall–Kier alpha value is -2.05. The molecular formula is C20H23N3O4S2. The third kappa shape index (κ3) is 2.88. The van der Waals surface area contributed by atoms with E-state index in [2.05, 4.69) is 6.07 Å². The van der Waals surface area contributed by atoms with Gasteiger partial charge in [0.1, 0.15) is 13.2 Å². The minimum Gasteiger partial charge on any atom is -0.486 e. The van der Waals surface area contributed by atoms with Crippen molar-refractivity contribution in [3.05, 3.63) is 23.8 Å². The molecule has 3 atom stereocenters. The summed E-state index contributed by atoms with van der Waals surface area (Å²) in [4.78, 5) is 28.3. The number of likely N-dealkylation sites (N-methyl/N-ethyl adjacent to an activating group) is 1. The Bertz CT molecular complexity index is 904. The highest BCUT2D eigenvalue weighted by atomic mass is 33.1. The van der Waals surface area contributed by atoms with E-state index in [-0.39, 0.29) is 24.3 Å². The number of rotatable bonds is 5. The maximum Gasteiger partial charge on any atom is 0.261 e. The second kappa shape index (κ2) is 7.33. The van der Waals surface area contributed by atoms with Gasteiger partial charge in [-0.3, -0.25) is 9.59 Å². The van der Waals surface area contributed by atoms with Crippen LogP contribution in [-0.4, -0.2) is 51.6 Å². The summed E-state index contributed by atoms with van der Waals surface area (Å²) < 4.78 is 11.3.